The largest absolute Gasteiger partial charge is 0.478 e. The monoisotopic (exact) mass is 471 g/mol. The lowest BCUT2D eigenvalue weighted by molar-refractivity contribution is 0.0696. The highest BCUT2D eigenvalue weighted by atomic mass is 35.5. The van der Waals surface area contributed by atoms with Crippen LogP contribution in [0.1, 0.15) is 10.4 Å². The molecule has 0 fully saturated rings. The zero-order valence-corrected chi connectivity index (χ0v) is 18.4. The summed E-state index contributed by atoms with van der Waals surface area (Å²) in [5, 5.41) is 15.4. The molecule has 1 N–H and O–H groups in total. The molecule has 0 amide bonds. The van der Waals surface area contributed by atoms with Gasteiger partial charge < -0.3 is 9.84 Å². The molecule has 9 heteroatoms. The van der Waals surface area contributed by atoms with E-state index >= 15 is 0 Å². The number of hydrogen-bond acceptors (Lipinski definition) is 5. The third-order valence-corrected chi connectivity index (χ3v) is 6.02. The Kier molecular flexibility index (Phi) is 6.08. The number of aromatic carboxylic acids is 1. The van der Waals surface area contributed by atoms with Crippen molar-refractivity contribution in [1.29, 1.82) is 0 Å². The zero-order chi connectivity index (χ0) is 22.0. The van der Waals surface area contributed by atoms with Gasteiger partial charge in [0.1, 0.15) is 16.5 Å². The lowest BCUT2D eigenvalue weighted by Crippen LogP contribution is -2.10. The molecule has 1 aromatic heterocycles. The molecule has 0 radical (unpaired) electrons. The number of hydrogen-bond donors (Lipinski definition) is 1. The summed E-state index contributed by atoms with van der Waals surface area (Å²) < 4.78 is 7.53. The molecule has 0 spiro atoms. The van der Waals surface area contributed by atoms with Crippen molar-refractivity contribution in [3.63, 3.8) is 0 Å². The average molecular weight is 472 g/mol. The molecule has 4 rings (SSSR count). The van der Waals surface area contributed by atoms with E-state index in [0.717, 1.165) is 10.6 Å². The first-order valence-electron chi connectivity index (χ1n) is 9.04. The Morgan fingerprint density at radius 2 is 1.77 bits per heavy atom. The number of aromatic nitrogens is 2. The number of aryl methyl sites for hydroxylation is 1. The molecule has 0 bridgehead atoms. The van der Waals surface area contributed by atoms with Crippen LogP contribution >= 0.6 is 34.5 Å². The third kappa shape index (κ3) is 4.96. The van der Waals surface area contributed by atoms with E-state index in [2.05, 4.69) is 10.1 Å². The number of ether oxygens (including phenoxy) is 1. The third-order valence-electron chi connectivity index (χ3n) is 4.23. The number of nitrogens with zero attached hydrogens (tertiary/aromatic N) is 3. The van der Waals surface area contributed by atoms with E-state index < -0.39 is 5.97 Å². The Morgan fingerprint density at radius 1 is 1.03 bits per heavy atom. The van der Waals surface area contributed by atoms with E-state index in [-0.39, 0.29) is 5.56 Å². The van der Waals surface area contributed by atoms with Gasteiger partial charge in [0.05, 0.1) is 21.3 Å². The van der Waals surface area contributed by atoms with Crippen LogP contribution < -0.4 is 9.54 Å². The Morgan fingerprint density at radius 3 is 2.52 bits per heavy atom. The normalized spacial score (nSPS) is 11.5. The number of carboxylic acid groups (broad SMARTS) is 1. The smallest absolute Gasteiger partial charge is 0.335 e. The standard InChI is InChI=1S/C22H15Cl2N3O3S/c1-27-22(25-15-8-9-18(23)19(24)12-15)31-20(26-27)13-4-2-6-16(10-13)30-17-7-3-5-14(11-17)21(28)29/h2-12H,1H3,(H,28,29)/b25-22+. The molecular weight excluding hydrogens is 457 g/mol. The van der Waals surface area contributed by atoms with Gasteiger partial charge in [0.15, 0.2) is 0 Å². The number of rotatable bonds is 5. The predicted molar refractivity (Wildman–Crippen MR) is 122 cm³/mol. The lowest BCUT2D eigenvalue weighted by Gasteiger charge is -2.07. The van der Waals surface area contributed by atoms with Gasteiger partial charge in [-0.15, -0.1) is 0 Å². The minimum atomic E-state index is -1.01. The van der Waals surface area contributed by atoms with Crippen molar-refractivity contribution in [2.75, 3.05) is 0 Å². The molecule has 31 heavy (non-hydrogen) atoms. The minimum absolute atomic E-state index is 0.161. The second-order valence-corrected chi connectivity index (χ2v) is 8.26. The van der Waals surface area contributed by atoms with Crippen molar-refractivity contribution in [2.24, 2.45) is 12.0 Å². The molecule has 0 saturated carbocycles. The van der Waals surface area contributed by atoms with Crippen LogP contribution in [0.5, 0.6) is 11.5 Å². The van der Waals surface area contributed by atoms with Crippen LogP contribution in [0.15, 0.2) is 71.7 Å². The van der Waals surface area contributed by atoms with Crippen LogP contribution in [0.4, 0.5) is 5.69 Å². The molecule has 3 aromatic carbocycles. The first-order chi connectivity index (χ1) is 14.9. The number of benzene rings is 3. The SMILES string of the molecule is Cn1nc(-c2cccc(Oc3cccc(C(=O)O)c3)c2)s/c1=N/c1ccc(Cl)c(Cl)c1. The van der Waals surface area contributed by atoms with E-state index in [1.807, 2.05) is 25.2 Å². The van der Waals surface area contributed by atoms with Gasteiger partial charge in [0.2, 0.25) is 4.80 Å². The molecule has 0 atom stereocenters. The summed E-state index contributed by atoms with van der Waals surface area (Å²) in [6.45, 7) is 0. The van der Waals surface area contributed by atoms with Gasteiger partial charge in [-0.25, -0.2) is 14.5 Å². The summed E-state index contributed by atoms with van der Waals surface area (Å²) in [4.78, 5) is 16.4. The van der Waals surface area contributed by atoms with Crippen LogP contribution in [0.2, 0.25) is 10.0 Å². The Bertz CT molecular complexity index is 1350. The molecule has 0 unspecified atom stereocenters. The molecule has 0 aliphatic heterocycles. The lowest BCUT2D eigenvalue weighted by atomic mass is 10.2. The molecule has 156 valence electrons. The van der Waals surface area contributed by atoms with Gasteiger partial charge in [0, 0.05) is 12.6 Å². The van der Waals surface area contributed by atoms with Gasteiger partial charge in [-0.1, -0.05) is 52.7 Å². The topological polar surface area (TPSA) is 76.7 Å². The van der Waals surface area contributed by atoms with Crippen LogP contribution in [0.3, 0.4) is 0 Å². The summed E-state index contributed by atoms with van der Waals surface area (Å²) >= 11 is 13.5. The van der Waals surface area contributed by atoms with Gasteiger partial charge in [-0.3, -0.25) is 0 Å². The molecule has 0 aliphatic carbocycles. The van der Waals surface area contributed by atoms with Crippen LogP contribution in [0, 0.1) is 0 Å². The van der Waals surface area contributed by atoms with E-state index in [1.54, 1.807) is 41.1 Å². The van der Waals surface area contributed by atoms with Crippen molar-refractivity contribution in [3.8, 4) is 22.1 Å². The van der Waals surface area contributed by atoms with Crippen LogP contribution in [-0.2, 0) is 7.05 Å². The Balaban J connectivity index is 1.63. The highest BCUT2D eigenvalue weighted by molar-refractivity contribution is 7.12. The molecule has 1 heterocycles. The Hall–Kier alpha value is -3.13. The van der Waals surface area contributed by atoms with Gasteiger partial charge >= 0.3 is 5.97 Å². The number of halogens is 2. The van der Waals surface area contributed by atoms with Crippen molar-refractivity contribution in [1.82, 2.24) is 9.78 Å². The fraction of sp³-hybridized carbons (Fsp3) is 0.0455. The Labute approximate surface area is 191 Å². The molecular formula is C22H15Cl2N3O3S. The van der Waals surface area contributed by atoms with Crippen molar-refractivity contribution in [2.45, 2.75) is 0 Å². The predicted octanol–water partition coefficient (Wildman–Crippen LogP) is 6.18. The van der Waals surface area contributed by atoms with Gasteiger partial charge in [-0.05, 0) is 48.5 Å². The fourth-order valence-corrected chi connectivity index (χ4v) is 3.95. The fourth-order valence-electron chi connectivity index (χ4n) is 2.75. The molecule has 0 saturated heterocycles. The first kappa shape index (κ1) is 21.1. The van der Waals surface area contributed by atoms with Crippen LogP contribution in [0.25, 0.3) is 10.6 Å². The van der Waals surface area contributed by atoms with Crippen LogP contribution in [-0.4, -0.2) is 20.9 Å². The summed E-state index contributed by atoms with van der Waals surface area (Å²) in [5.41, 5.74) is 1.69. The summed E-state index contributed by atoms with van der Waals surface area (Å²) in [7, 11) is 1.81. The highest BCUT2D eigenvalue weighted by Crippen LogP contribution is 2.29. The molecule has 4 aromatic rings. The first-order valence-corrected chi connectivity index (χ1v) is 10.6. The maximum Gasteiger partial charge on any atom is 0.335 e. The van der Waals surface area contributed by atoms with Gasteiger partial charge in [0.25, 0.3) is 0 Å². The van der Waals surface area contributed by atoms with Crippen molar-refractivity contribution >= 4 is 46.2 Å². The second-order valence-electron chi connectivity index (χ2n) is 6.49. The van der Waals surface area contributed by atoms with E-state index in [9.17, 15) is 4.79 Å². The molecule has 6 nitrogen and oxygen atoms in total. The maximum atomic E-state index is 11.2. The van der Waals surface area contributed by atoms with E-state index in [1.165, 1.54) is 23.5 Å². The van der Waals surface area contributed by atoms with Crippen molar-refractivity contribution < 1.29 is 14.6 Å². The summed E-state index contributed by atoms with van der Waals surface area (Å²) in [6, 6.07) is 18.9. The minimum Gasteiger partial charge on any atom is -0.478 e. The molecule has 0 aliphatic rings. The van der Waals surface area contributed by atoms with E-state index in [0.29, 0.717) is 32.0 Å². The zero-order valence-electron chi connectivity index (χ0n) is 16.1. The van der Waals surface area contributed by atoms with Crippen molar-refractivity contribution in [3.05, 3.63) is 87.1 Å². The summed E-state index contributed by atoms with van der Waals surface area (Å²) in [5.74, 6) is 0.00524. The highest BCUT2D eigenvalue weighted by Gasteiger charge is 2.09. The quantitative estimate of drug-likeness (QED) is 0.377. The number of carboxylic acids is 1. The van der Waals surface area contributed by atoms with Gasteiger partial charge in [-0.2, -0.15) is 5.10 Å². The second kappa shape index (κ2) is 8.93. The van der Waals surface area contributed by atoms with E-state index in [4.69, 9.17) is 33.0 Å². The number of carbonyl (C=O) groups is 1. The summed E-state index contributed by atoms with van der Waals surface area (Å²) in [6.07, 6.45) is 0. The average Bonchev–Trinajstić information content (AvgIpc) is 3.11. The maximum absolute atomic E-state index is 11.2.